The molecule has 1 aliphatic rings. The van der Waals surface area contributed by atoms with E-state index < -0.39 is 0 Å². The Labute approximate surface area is 166 Å². The van der Waals surface area contributed by atoms with Crippen LogP contribution in [0.3, 0.4) is 0 Å². The maximum atomic E-state index is 12.4. The summed E-state index contributed by atoms with van der Waals surface area (Å²) in [4.78, 5) is 16.9. The van der Waals surface area contributed by atoms with Gasteiger partial charge in [0.1, 0.15) is 0 Å². The number of thiazole rings is 1. The summed E-state index contributed by atoms with van der Waals surface area (Å²) in [6.45, 7) is 1.97. The lowest BCUT2D eigenvalue weighted by molar-refractivity contribution is -0.115. The molecule has 3 nitrogen and oxygen atoms in total. The third-order valence-corrected chi connectivity index (χ3v) is 7.24. The van der Waals surface area contributed by atoms with Crippen LogP contribution < -0.4 is 5.32 Å². The van der Waals surface area contributed by atoms with Gasteiger partial charge < -0.3 is 5.32 Å². The zero-order chi connectivity index (χ0) is 17.8. The summed E-state index contributed by atoms with van der Waals surface area (Å²) < 4.78 is 0. The van der Waals surface area contributed by atoms with Gasteiger partial charge in [-0.05, 0) is 31.9 Å². The number of benzene rings is 1. The summed E-state index contributed by atoms with van der Waals surface area (Å²) in [5, 5.41) is 7.01. The molecule has 1 heterocycles. The van der Waals surface area contributed by atoms with Crippen LogP contribution in [0.4, 0.5) is 5.13 Å². The smallest absolute Gasteiger partial charge is 0.238 e. The van der Waals surface area contributed by atoms with Crippen molar-refractivity contribution < 1.29 is 4.79 Å². The third-order valence-electron chi connectivity index (χ3n) is 4.27. The van der Waals surface area contributed by atoms with Crippen LogP contribution in [-0.4, -0.2) is 21.4 Å². The molecule has 2 aromatic rings. The molecule has 25 heavy (non-hydrogen) atoms. The van der Waals surface area contributed by atoms with Crippen molar-refractivity contribution in [1.82, 2.24) is 4.98 Å². The van der Waals surface area contributed by atoms with E-state index in [0.29, 0.717) is 20.4 Å². The zero-order valence-corrected chi connectivity index (χ0v) is 17.1. The van der Waals surface area contributed by atoms with E-state index in [9.17, 15) is 4.79 Å². The Morgan fingerprint density at radius 3 is 2.76 bits per heavy atom. The van der Waals surface area contributed by atoms with Gasteiger partial charge in [0.15, 0.2) is 5.13 Å². The van der Waals surface area contributed by atoms with Gasteiger partial charge in [-0.1, -0.05) is 48.5 Å². The molecule has 134 valence electrons. The lowest BCUT2D eigenvalue weighted by Gasteiger charge is -2.23. The minimum Gasteiger partial charge on any atom is -0.301 e. The maximum absolute atomic E-state index is 12.4. The second-order valence-electron chi connectivity index (χ2n) is 6.19. The number of nitrogens with one attached hydrogen (secondary N) is 1. The highest BCUT2D eigenvalue weighted by atomic mass is 35.5. The standard InChI is InChI=1S/C18H20Cl2N2OS2/c1-11(25-13-5-3-2-4-6-13)17(23)22-18-21-16(10-24-18)12-7-8-14(19)15(20)9-12/h7-11,13H,2-6H2,1H3,(H,21,22,23). The SMILES string of the molecule is CC(SC1CCCCC1)C(=O)Nc1nc(-c2ccc(Cl)c(Cl)c2)cs1. The largest absolute Gasteiger partial charge is 0.301 e. The highest BCUT2D eigenvalue weighted by Crippen LogP contribution is 2.33. The van der Waals surface area contributed by atoms with Gasteiger partial charge in [-0.25, -0.2) is 4.98 Å². The van der Waals surface area contributed by atoms with E-state index in [-0.39, 0.29) is 11.2 Å². The van der Waals surface area contributed by atoms with E-state index in [1.54, 1.807) is 23.9 Å². The number of amides is 1. The number of halogens is 2. The summed E-state index contributed by atoms with van der Waals surface area (Å²) in [6.07, 6.45) is 6.34. The monoisotopic (exact) mass is 414 g/mol. The molecule has 0 aliphatic heterocycles. The first-order chi connectivity index (χ1) is 12.0. The van der Waals surface area contributed by atoms with Gasteiger partial charge in [-0.2, -0.15) is 0 Å². The molecule has 1 N–H and O–H groups in total. The lowest BCUT2D eigenvalue weighted by Crippen LogP contribution is -2.25. The lowest BCUT2D eigenvalue weighted by atomic mass is 10.0. The van der Waals surface area contributed by atoms with Crippen molar-refractivity contribution in [2.75, 3.05) is 5.32 Å². The van der Waals surface area contributed by atoms with Gasteiger partial charge in [0, 0.05) is 16.2 Å². The summed E-state index contributed by atoms with van der Waals surface area (Å²) in [6, 6.07) is 5.40. The minimum atomic E-state index is -0.0690. The fraction of sp³-hybridized carbons (Fsp3) is 0.444. The molecule has 1 amide bonds. The zero-order valence-electron chi connectivity index (χ0n) is 13.9. The molecule has 1 aromatic carbocycles. The number of hydrogen-bond acceptors (Lipinski definition) is 4. The molecule has 1 aromatic heterocycles. The number of aromatic nitrogens is 1. The van der Waals surface area contributed by atoms with Crippen LogP contribution in [-0.2, 0) is 4.79 Å². The number of carbonyl (C=O) groups excluding carboxylic acids is 1. The van der Waals surface area contributed by atoms with Crippen molar-refractivity contribution in [1.29, 1.82) is 0 Å². The molecule has 1 saturated carbocycles. The van der Waals surface area contributed by atoms with E-state index >= 15 is 0 Å². The van der Waals surface area contributed by atoms with Crippen LogP contribution in [0.2, 0.25) is 10.0 Å². The van der Waals surface area contributed by atoms with E-state index in [0.717, 1.165) is 11.3 Å². The van der Waals surface area contributed by atoms with E-state index in [4.69, 9.17) is 23.2 Å². The van der Waals surface area contributed by atoms with Crippen molar-refractivity contribution in [3.63, 3.8) is 0 Å². The van der Waals surface area contributed by atoms with Crippen LogP contribution in [0.1, 0.15) is 39.0 Å². The van der Waals surface area contributed by atoms with Gasteiger partial charge >= 0.3 is 0 Å². The molecule has 0 spiro atoms. The van der Waals surface area contributed by atoms with Crippen LogP contribution in [0.5, 0.6) is 0 Å². The Hall–Kier alpha value is -0.750. The van der Waals surface area contributed by atoms with Crippen molar-refractivity contribution in [3.05, 3.63) is 33.6 Å². The first-order valence-corrected chi connectivity index (χ1v) is 11.0. The average Bonchev–Trinajstić information content (AvgIpc) is 3.06. The number of nitrogens with zero attached hydrogens (tertiary/aromatic N) is 1. The van der Waals surface area contributed by atoms with Crippen molar-refractivity contribution in [2.45, 2.75) is 49.5 Å². The quantitative estimate of drug-likeness (QED) is 0.605. The molecule has 0 bridgehead atoms. The number of rotatable bonds is 5. The summed E-state index contributed by atoms with van der Waals surface area (Å²) in [7, 11) is 0. The Bertz CT molecular complexity index is 744. The summed E-state index contributed by atoms with van der Waals surface area (Å²) in [5.74, 6) is 0.0191. The normalized spacial score (nSPS) is 16.6. The molecule has 1 fully saturated rings. The topological polar surface area (TPSA) is 42.0 Å². The minimum absolute atomic E-state index is 0.0191. The first-order valence-electron chi connectivity index (χ1n) is 8.40. The van der Waals surface area contributed by atoms with Gasteiger partial charge in [-0.15, -0.1) is 23.1 Å². The van der Waals surface area contributed by atoms with Gasteiger partial charge in [0.25, 0.3) is 0 Å². The fourth-order valence-corrected chi connectivity index (χ4v) is 5.26. The average molecular weight is 415 g/mol. The molecule has 0 saturated heterocycles. The third kappa shape index (κ3) is 5.13. The molecule has 1 aliphatic carbocycles. The predicted molar refractivity (Wildman–Crippen MR) is 110 cm³/mol. The first kappa shape index (κ1) is 19.0. The fourth-order valence-electron chi connectivity index (χ4n) is 2.88. The highest BCUT2D eigenvalue weighted by Gasteiger charge is 2.22. The van der Waals surface area contributed by atoms with Crippen molar-refractivity contribution >= 4 is 57.3 Å². The highest BCUT2D eigenvalue weighted by molar-refractivity contribution is 8.01. The van der Waals surface area contributed by atoms with Gasteiger partial charge in [-0.3, -0.25) is 4.79 Å². The van der Waals surface area contributed by atoms with Crippen LogP contribution in [0.25, 0.3) is 11.3 Å². The van der Waals surface area contributed by atoms with E-state index in [1.807, 2.05) is 18.4 Å². The maximum Gasteiger partial charge on any atom is 0.238 e. The van der Waals surface area contributed by atoms with E-state index in [1.165, 1.54) is 43.4 Å². The number of anilines is 1. The van der Waals surface area contributed by atoms with Crippen LogP contribution >= 0.6 is 46.3 Å². The Balaban J connectivity index is 1.60. The molecular weight excluding hydrogens is 395 g/mol. The molecule has 7 heteroatoms. The second-order valence-corrected chi connectivity index (χ2v) is 9.51. The van der Waals surface area contributed by atoms with E-state index in [2.05, 4.69) is 10.3 Å². The Morgan fingerprint density at radius 1 is 1.28 bits per heavy atom. The van der Waals surface area contributed by atoms with Crippen LogP contribution in [0.15, 0.2) is 23.6 Å². The molecule has 3 rings (SSSR count). The molecule has 1 atom stereocenters. The van der Waals surface area contributed by atoms with Crippen LogP contribution in [0, 0.1) is 0 Å². The molecule has 0 radical (unpaired) electrons. The van der Waals surface area contributed by atoms with Crippen molar-refractivity contribution in [3.8, 4) is 11.3 Å². The number of hydrogen-bond donors (Lipinski definition) is 1. The van der Waals surface area contributed by atoms with Gasteiger partial charge in [0.2, 0.25) is 5.91 Å². The van der Waals surface area contributed by atoms with Gasteiger partial charge in [0.05, 0.1) is 21.0 Å². The number of thioether (sulfide) groups is 1. The molecule has 1 unspecified atom stereocenters. The molecular formula is C18H20Cl2N2OS2. The number of carbonyl (C=O) groups is 1. The Kier molecular flexibility index (Phi) is 6.67. The summed E-state index contributed by atoms with van der Waals surface area (Å²) >= 11 is 15.2. The predicted octanol–water partition coefficient (Wildman–Crippen LogP) is 6.51. The van der Waals surface area contributed by atoms with Crippen molar-refractivity contribution in [2.24, 2.45) is 0 Å². The second kappa shape index (κ2) is 8.76. The summed E-state index contributed by atoms with van der Waals surface area (Å²) in [5.41, 5.74) is 1.67. The Morgan fingerprint density at radius 2 is 2.04 bits per heavy atom.